The fourth-order valence-electron chi connectivity index (χ4n) is 10.7. The topological polar surface area (TPSA) is 28.4 Å². The molecule has 12 rings (SSSR count). The number of nitrogens with one attached hydrogen (secondary N) is 1. The molecule has 1 radical (unpaired) electrons. The minimum absolute atomic E-state index is 0.0941. The quantitative estimate of drug-likeness (QED) is 0.182. The lowest BCUT2D eigenvalue weighted by molar-refractivity contribution is 0.332. The zero-order valence-corrected chi connectivity index (χ0v) is 34.7. The molecule has 0 spiro atoms. The zero-order valence-electron chi connectivity index (χ0n) is 33.9. The molecule has 0 bridgehead atoms. The summed E-state index contributed by atoms with van der Waals surface area (Å²) in [5.41, 5.74) is 18.3. The molecule has 1 N–H and O–H groups in total. The van der Waals surface area contributed by atoms with Gasteiger partial charge in [-0.25, -0.2) is 0 Å². The number of thiophene rings is 1. The number of para-hydroxylation sites is 3. The van der Waals surface area contributed by atoms with Crippen molar-refractivity contribution in [1.82, 2.24) is 0 Å². The third kappa shape index (κ3) is 4.68. The van der Waals surface area contributed by atoms with Gasteiger partial charge in [0.1, 0.15) is 11.2 Å². The minimum Gasteiger partial charge on any atom is -0.456 e. The molecule has 1 aliphatic carbocycles. The van der Waals surface area contributed by atoms with Crippen molar-refractivity contribution in [3.8, 4) is 11.1 Å². The smallest absolute Gasteiger partial charge is 0.197 e. The minimum atomic E-state index is -0.142. The molecule has 7 aromatic carbocycles. The molecule has 58 heavy (non-hydrogen) atoms. The maximum Gasteiger partial charge on any atom is 0.197 e. The van der Waals surface area contributed by atoms with Gasteiger partial charge in [-0.1, -0.05) is 126 Å². The van der Waals surface area contributed by atoms with Crippen molar-refractivity contribution in [3.05, 3.63) is 150 Å². The molecule has 0 saturated carbocycles. The molecule has 0 unspecified atom stereocenters. The van der Waals surface area contributed by atoms with Crippen molar-refractivity contribution in [3.63, 3.8) is 0 Å². The van der Waals surface area contributed by atoms with E-state index in [0.29, 0.717) is 0 Å². The number of rotatable bonds is 3. The number of furan rings is 1. The van der Waals surface area contributed by atoms with Gasteiger partial charge in [0, 0.05) is 64.7 Å². The molecule has 3 nitrogen and oxygen atoms in total. The van der Waals surface area contributed by atoms with Crippen LogP contribution in [-0.4, -0.2) is 7.28 Å². The van der Waals surface area contributed by atoms with E-state index in [1.54, 1.807) is 0 Å². The normalized spacial score (nSPS) is 16.8. The van der Waals surface area contributed by atoms with E-state index in [4.69, 9.17) is 4.42 Å². The summed E-state index contributed by atoms with van der Waals surface area (Å²) in [7, 11) is 2.46. The highest BCUT2D eigenvalue weighted by Gasteiger charge is 2.42. The summed E-state index contributed by atoms with van der Waals surface area (Å²) in [6.45, 7) is 14.4. The molecule has 4 heterocycles. The highest BCUT2D eigenvalue weighted by molar-refractivity contribution is 7.26. The van der Waals surface area contributed by atoms with Crippen LogP contribution in [0.2, 0.25) is 0 Å². The van der Waals surface area contributed by atoms with E-state index in [1.807, 2.05) is 11.3 Å². The summed E-state index contributed by atoms with van der Waals surface area (Å²) in [5, 5.41) is 8.88. The highest BCUT2D eigenvalue weighted by Crippen LogP contribution is 2.55. The Hall–Kier alpha value is -5.78. The number of fused-ring (bicyclic) bond motifs is 11. The van der Waals surface area contributed by atoms with Crippen LogP contribution >= 0.6 is 11.3 Å². The molecule has 5 heteroatoms. The van der Waals surface area contributed by atoms with E-state index in [9.17, 15) is 0 Å². The Bertz CT molecular complexity index is 3240. The largest absolute Gasteiger partial charge is 0.456 e. The molecular formula is C53H44BN2OS. The summed E-state index contributed by atoms with van der Waals surface area (Å²) in [4.78, 5) is 2.56. The number of nitrogens with zero attached hydrogens (tertiary/aromatic N) is 1. The van der Waals surface area contributed by atoms with Gasteiger partial charge >= 0.3 is 0 Å². The predicted molar refractivity (Wildman–Crippen MR) is 249 cm³/mol. The third-order valence-corrected chi connectivity index (χ3v) is 15.0. The second-order valence-corrected chi connectivity index (χ2v) is 19.8. The monoisotopic (exact) mass is 767 g/mol. The Labute approximate surface area is 344 Å². The Morgan fingerprint density at radius 3 is 2.21 bits per heavy atom. The van der Waals surface area contributed by atoms with E-state index >= 15 is 0 Å². The summed E-state index contributed by atoms with van der Waals surface area (Å²) in [6.07, 6.45) is 2.36. The Balaban J connectivity index is 1.18. The second kappa shape index (κ2) is 11.7. The molecule has 2 aliphatic heterocycles. The third-order valence-electron chi connectivity index (χ3n) is 13.9. The average molecular weight is 768 g/mol. The van der Waals surface area contributed by atoms with Gasteiger partial charge in [0.2, 0.25) is 0 Å². The molecule has 0 fully saturated rings. The fourth-order valence-corrected chi connectivity index (χ4v) is 11.9. The van der Waals surface area contributed by atoms with Gasteiger partial charge in [-0.15, -0.1) is 11.3 Å². The van der Waals surface area contributed by atoms with Crippen LogP contribution in [-0.2, 0) is 16.2 Å². The van der Waals surface area contributed by atoms with Gasteiger partial charge in [0.15, 0.2) is 7.28 Å². The van der Waals surface area contributed by atoms with Crippen molar-refractivity contribution in [2.24, 2.45) is 0 Å². The number of benzene rings is 7. The first-order valence-corrected chi connectivity index (χ1v) is 21.5. The first kappa shape index (κ1) is 34.3. The van der Waals surface area contributed by atoms with Crippen LogP contribution < -0.4 is 21.1 Å². The number of hydrogen-bond donors (Lipinski definition) is 1. The lowest BCUT2D eigenvalue weighted by Crippen LogP contribution is -2.45. The molecule has 3 aliphatic rings. The van der Waals surface area contributed by atoms with Crippen molar-refractivity contribution in [2.75, 3.05) is 10.2 Å². The summed E-state index contributed by atoms with van der Waals surface area (Å²) < 4.78 is 9.28. The van der Waals surface area contributed by atoms with Crippen molar-refractivity contribution in [2.45, 2.75) is 70.6 Å². The molecule has 2 aromatic heterocycles. The SMILES string of the molecule is CC1(C)CCC(C)(C)c2cc(Nc3cc4c(cc3-c3c5c(cc6sc7ccccc7c36)N3c6ccccc6C(C)(C)c6cccc(c63)[B]5)oc3ccccc34)ccc21. The Morgan fingerprint density at radius 1 is 0.603 bits per heavy atom. The molecule has 0 saturated heterocycles. The van der Waals surface area contributed by atoms with Crippen LogP contribution in [0.4, 0.5) is 28.4 Å². The average Bonchev–Trinajstić information content (AvgIpc) is 3.78. The summed E-state index contributed by atoms with van der Waals surface area (Å²) >= 11 is 1.89. The van der Waals surface area contributed by atoms with Crippen LogP contribution in [0, 0.1) is 0 Å². The standard InChI is InChI=1S/C53H44BN2OS/c1-51(2)24-25-52(3,4)38-26-30(22-23-35(38)51)55-40-27-33-31-14-7-11-20-43(31)57-44(33)28-34(40)48-47-32-15-8-12-21-45(32)58-46(47)29-42-49(48)54-39-18-13-17-37-50(39)56(42)41-19-10-9-16-36(41)53(37,5)6/h7-23,26-29,55H,24-25H2,1-6H3. The molecule has 281 valence electrons. The van der Waals surface area contributed by atoms with Gasteiger partial charge < -0.3 is 14.6 Å². The van der Waals surface area contributed by atoms with E-state index < -0.39 is 0 Å². The van der Waals surface area contributed by atoms with Gasteiger partial charge in [-0.05, 0) is 105 Å². The lowest BCUT2D eigenvalue weighted by atomic mass is 9.55. The van der Waals surface area contributed by atoms with E-state index in [2.05, 4.69) is 186 Å². The zero-order chi connectivity index (χ0) is 39.3. The second-order valence-electron chi connectivity index (χ2n) is 18.7. The maximum atomic E-state index is 6.72. The van der Waals surface area contributed by atoms with Crippen LogP contribution in [0.15, 0.2) is 132 Å². The molecule has 0 amide bonds. The van der Waals surface area contributed by atoms with Gasteiger partial charge in [0.25, 0.3) is 0 Å². The van der Waals surface area contributed by atoms with E-state index in [1.165, 1.54) is 88.8 Å². The molecule has 0 atom stereocenters. The van der Waals surface area contributed by atoms with Crippen LogP contribution in [0.25, 0.3) is 53.2 Å². The van der Waals surface area contributed by atoms with Gasteiger partial charge in [0.05, 0.1) is 5.69 Å². The maximum absolute atomic E-state index is 6.72. The molecular weight excluding hydrogens is 723 g/mol. The van der Waals surface area contributed by atoms with E-state index in [0.717, 1.165) is 38.9 Å². The number of hydrogen-bond acceptors (Lipinski definition) is 4. The van der Waals surface area contributed by atoms with Crippen LogP contribution in [0.1, 0.15) is 76.6 Å². The Morgan fingerprint density at radius 2 is 1.34 bits per heavy atom. The first-order chi connectivity index (χ1) is 28.0. The molecule has 9 aromatic rings. The Kier molecular flexibility index (Phi) is 6.90. The number of anilines is 5. The van der Waals surface area contributed by atoms with Gasteiger partial charge in [-0.2, -0.15) is 0 Å². The van der Waals surface area contributed by atoms with Crippen molar-refractivity contribution >= 4 is 100 Å². The lowest BCUT2D eigenvalue weighted by Gasteiger charge is -2.46. The van der Waals surface area contributed by atoms with Gasteiger partial charge in [-0.3, -0.25) is 0 Å². The summed E-state index contributed by atoms with van der Waals surface area (Å²) in [5.74, 6) is 0. The van der Waals surface area contributed by atoms with Crippen LogP contribution in [0.5, 0.6) is 0 Å². The summed E-state index contributed by atoms with van der Waals surface area (Å²) in [6, 6.07) is 47.5. The predicted octanol–water partition coefficient (Wildman–Crippen LogP) is 13.8. The fraction of sp³-hybridized carbons (Fsp3) is 0.208. The highest BCUT2D eigenvalue weighted by atomic mass is 32.1. The van der Waals surface area contributed by atoms with Crippen LogP contribution in [0.3, 0.4) is 0 Å². The van der Waals surface area contributed by atoms with Crippen molar-refractivity contribution < 1.29 is 4.42 Å². The van der Waals surface area contributed by atoms with E-state index in [-0.39, 0.29) is 16.2 Å². The first-order valence-electron chi connectivity index (χ1n) is 20.7. The van der Waals surface area contributed by atoms with Crippen molar-refractivity contribution in [1.29, 1.82) is 0 Å².